The maximum Gasteiger partial charge on any atom is 0.113 e. The number of imidazole rings is 1. The molecule has 1 aliphatic rings. The number of benzene rings is 1. The van der Waals surface area contributed by atoms with Gasteiger partial charge in [-0.1, -0.05) is 0 Å². The number of rotatable bonds is 3. The van der Waals surface area contributed by atoms with Crippen molar-refractivity contribution in [3.8, 4) is 0 Å². The van der Waals surface area contributed by atoms with E-state index in [1.807, 2.05) is 23.5 Å². The smallest absolute Gasteiger partial charge is 0.113 e. The molecule has 0 bridgehead atoms. The van der Waals surface area contributed by atoms with Gasteiger partial charge in [0.15, 0.2) is 0 Å². The fourth-order valence-electron chi connectivity index (χ4n) is 2.98. The van der Waals surface area contributed by atoms with Crippen molar-refractivity contribution in [2.45, 2.75) is 38.6 Å². The Morgan fingerprint density at radius 1 is 1.29 bits per heavy atom. The molecule has 0 radical (unpaired) electrons. The average molecular weight is 297 g/mol. The zero-order valence-corrected chi connectivity index (χ0v) is 13.2. The number of nitrogens with two attached hydrogens (primary N) is 1. The van der Waals surface area contributed by atoms with Gasteiger partial charge in [0, 0.05) is 21.4 Å². The zero-order valence-electron chi connectivity index (χ0n) is 12.3. The van der Waals surface area contributed by atoms with Crippen LogP contribution < -0.4 is 5.73 Å². The first-order valence-electron chi connectivity index (χ1n) is 7.47. The molecule has 2 N–H and O–H groups in total. The summed E-state index contributed by atoms with van der Waals surface area (Å²) in [6, 6.07) is 10.8. The van der Waals surface area contributed by atoms with Gasteiger partial charge in [-0.25, -0.2) is 4.98 Å². The highest BCUT2D eigenvalue weighted by Gasteiger charge is 2.31. The number of hydrogen-bond donors (Lipinski definition) is 1. The predicted octanol–water partition coefficient (Wildman–Crippen LogP) is 4.48. The van der Waals surface area contributed by atoms with Crippen LogP contribution in [0.25, 0.3) is 11.0 Å². The van der Waals surface area contributed by atoms with Crippen molar-refractivity contribution in [2.75, 3.05) is 5.73 Å². The van der Waals surface area contributed by atoms with Gasteiger partial charge in [0.2, 0.25) is 0 Å². The van der Waals surface area contributed by atoms with E-state index >= 15 is 0 Å². The lowest BCUT2D eigenvalue weighted by molar-refractivity contribution is 0.629. The fourth-order valence-corrected chi connectivity index (χ4v) is 3.90. The first-order chi connectivity index (χ1) is 10.1. The van der Waals surface area contributed by atoms with Crippen LogP contribution in [0.2, 0.25) is 0 Å². The third kappa shape index (κ3) is 2.14. The summed E-state index contributed by atoms with van der Waals surface area (Å²) in [7, 11) is 0. The molecule has 2 aromatic heterocycles. The van der Waals surface area contributed by atoms with Gasteiger partial charge >= 0.3 is 0 Å². The van der Waals surface area contributed by atoms with Crippen LogP contribution in [-0.4, -0.2) is 9.55 Å². The van der Waals surface area contributed by atoms with E-state index in [4.69, 9.17) is 10.7 Å². The van der Waals surface area contributed by atoms with Gasteiger partial charge in [-0.15, -0.1) is 11.3 Å². The fraction of sp³-hybridized carbons (Fsp3) is 0.353. The van der Waals surface area contributed by atoms with E-state index in [0.29, 0.717) is 12.0 Å². The highest BCUT2D eigenvalue weighted by Crippen LogP contribution is 2.43. The Labute approximate surface area is 128 Å². The number of hydrogen-bond acceptors (Lipinski definition) is 3. The van der Waals surface area contributed by atoms with E-state index in [-0.39, 0.29) is 0 Å². The van der Waals surface area contributed by atoms with Crippen LogP contribution >= 0.6 is 11.3 Å². The summed E-state index contributed by atoms with van der Waals surface area (Å²) < 4.78 is 2.41. The van der Waals surface area contributed by atoms with Gasteiger partial charge in [-0.3, -0.25) is 0 Å². The van der Waals surface area contributed by atoms with Crippen LogP contribution in [0, 0.1) is 6.92 Å². The SMILES string of the molecule is Cc1ccc(C(C)n2c(C3CC3)nc3cc(N)ccc32)s1. The molecule has 1 saturated carbocycles. The van der Waals surface area contributed by atoms with E-state index in [1.54, 1.807) is 0 Å². The van der Waals surface area contributed by atoms with Crippen LogP contribution in [0.3, 0.4) is 0 Å². The van der Waals surface area contributed by atoms with Crippen molar-refractivity contribution in [1.82, 2.24) is 9.55 Å². The molecule has 0 amide bonds. The van der Waals surface area contributed by atoms with Crippen LogP contribution in [0.4, 0.5) is 5.69 Å². The van der Waals surface area contributed by atoms with Crippen molar-refractivity contribution in [1.29, 1.82) is 0 Å². The predicted molar refractivity (Wildman–Crippen MR) is 89.0 cm³/mol. The van der Waals surface area contributed by atoms with Gasteiger partial charge in [0.1, 0.15) is 5.82 Å². The standard InChI is InChI=1S/C17H19N3S/c1-10-3-8-16(21-10)11(2)20-15-7-6-13(18)9-14(15)19-17(20)12-4-5-12/h3,6-9,11-12H,4-5,18H2,1-2H3. The van der Waals surface area contributed by atoms with Crippen LogP contribution in [-0.2, 0) is 0 Å². The van der Waals surface area contributed by atoms with E-state index in [0.717, 1.165) is 11.2 Å². The molecule has 1 aliphatic carbocycles. The Kier molecular flexibility index (Phi) is 2.82. The van der Waals surface area contributed by atoms with Gasteiger partial charge in [-0.05, 0) is 57.0 Å². The minimum atomic E-state index is 0.327. The molecule has 0 saturated heterocycles. The molecule has 21 heavy (non-hydrogen) atoms. The maximum absolute atomic E-state index is 5.92. The second-order valence-electron chi connectivity index (χ2n) is 5.99. The van der Waals surface area contributed by atoms with Crippen LogP contribution in [0.1, 0.15) is 47.3 Å². The normalized spacial score (nSPS) is 16.5. The van der Waals surface area contributed by atoms with Crippen LogP contribution in [0.15, 0.2) is 30.3 Å². The van der Waals surface area contributed by atoms with Gasteiger partial charge in [0.05, 0.1) is 17.1 Å². The van der Waals surface area contributed by atoms with Gasteiger partial charge in [0.25, 0.3) is 0 Å². The molecule has 4 heteroatoms. The van der Waals surface area contributed by atoms with Gasteiger partial charge < -0.3 is 10.3 Å². The van der Waals surface area contributed by atoms with Crippen molar-refractivity contribution in [3.63, 3.8) is 0 Å². The third-order valence-electron chi connectivity index (χ3n) is 4.24. The molecule has 3 nitrogen and oxygen atoms in total. The number of anilines is 1. The molecule has 108 valence electrons. The number of nitrogen functional groups attached to an aromatic ring is 1. The Morgan fingerprint density at radius 3 is 2.76 bits per heavy atom. The highest BCUT2D eigenvalue weighted by molar-refractivity contribution is 7.12. The zero-order chi connectivity index (χ0) is 14.6. The Bertz CT molecular complexity index is 811. The van der Waals surface area contributed by atoms with E-state index < -0.39 is 0 Å². The number of aromatic nitrogens is 2. The molecule has 1 fully saturated rings. The molecule has 0 aliphatic heterocycles. The topological polar surface area (TPSA) is 43.8 Å². The molecule has 0 spiro atoms. The molecular formula is C17H19N3S. The largest absolute Gasteiger partial charge is 0.399 e. The van der Waals surface area contributed by atoms with Crippen LogP contribution in [0.5, 0.6) is 0 Å². The minimum absolute atomic E-state index is 0.327. The van der Waals surface area contributed by atoms with Crippen molar-refractivity contribution in [2.24, 2.45) is 0 Å². The third-order valence-corrected chi connectivity index (χ3v) is 5.41. The summed E-state index contributed by atoms with van der Waals surface area (Å²) >= 11 is 1.87. The summed E-state index contributed by atoms with van der Waals surface area (Å²) in [5.41, 5.74) is 8.93. The molecule has 1 atom stereocenters. The minimum Gasteiger partial charge on any atom is -0.399 e. The Hall–Kier alpha value is -1.81. The monoisotopic (exact) mass is 297 g/mol. The number of nitrogens with zero attached hydrogens (tertiary/aromatic N) is 2. The molecule has 1 unspecified atom stereocenters. The second-order valence-corrected chi connectivity index (χ2v) is 7.31. The molecule has 3 aromatic rings. The molecular weight excluding hydrogens is 278 g/mol. The maximum atomic E-state index is 5.92. The van der Waals surface area contributed by atoms with Crippen molar-refractivity contribution >= 4 is 28.1 Å². The summed E-state index contributed by atoms with van der Waals surface area (Å²) in [5.74, 6) is 1.86. The van der Waals surface area contributed by atoms with Crippen molar-refractivity contribution < 1.29 is 0 Å². The Balaban J connectivity index is 1.91. The summed E-state index contributed by atoms with van der Waals surface area (Å²) in [6.07, 6.45) is 2.52. The lowest BCUT2D eigenvalue weighted by Gasteiger charge is -2.16. The second kappa shape index (κ2) is 4.60. The highest BCUT2D eigenvalue weighted by atomic mass is 32.1. The average Bonchev–Trinajstić information content (AvgIpc) is 3.11. The molecule has 4 rings (SSSR count). The number of aryl methyl sites for hydroxylation is 1. The molecule has 1 aromatic carbocycles. The summed E-state index contributed by atoms with van der Waals surface area (Å²) in [5, 5.41) is 0. The molecule has 2 heterocycles. The van der Waals surface area contributed by atoms with E-state index in [1.165, 1.54) is 33.9 Å². The van der Waals surface area contributed by atoms with Gasteiger partial charge in [-0.2, -0.15) is 0 Å². The summed E-state index contributed by atoms with van der Waals surface area (Å²) in [6.45, 7) is 4.43. The van der Waals surface area contributed by atoms with Crippen molar-refractivity contribution in [3.05, 3.63) is 45.9 Å². The Morgan fingerprint density at radius 2 is 2.10 bits per heavy atom. The van der Waals surface area contributed by atoms with E-state index in [2.05, 4.69) is 36.6 Å². The first-order valence-corrected chi connectivity index (χ1v) is 8.29. The lowest BCUT2D eigenvalue weighted by Crippen LogP contribution is -2.09. The number of fused-ring (bicyclic) bond motifs is 1. The lowest BCUT2D eigenvalue weighted by atomic mass is 10.2. The quantitative estimate of drug-likeness (QED) is 0.725. The first kappa shape index (κ1) is 12.9. The number of thiophene rings is 1. The van der Waals surface area contributed by atoms with E-state index in [9.17, 15) is 0 Å². The summed E-state index contributed by atoms with van der Waals surface area (Å²) in [4.78, 5) is 7.63.